The molecular weight excluding hydrogens is 440 g/mol. The number of methoxy groups -OCH3 is 1. The second-order valence-corrected chi connectivity index (χ2v) is 7.44. The van der Waals surface area contributed by atoms with Crippen LogP contribution in [-0.4, -0.2) is 41.5 Å². The number of rotatable bonds is 6. The van der Waals surface area contributed by atoms with E-state index in [1.54, 1.807) is 30.0 Å². The monoisotopic (exact) mass is 460 g/mol. The lowest BCUT2D eigenvalue weighted by atomic mass is 10.1. The summed E-state index contributed by atoms with van der Waals surface area (Å²) in [6.07, 6.45) is 1.80. The second kappa shape index (κ2) is 8.75. The number of carbonyl (C=O) groups is 1. The Labute approximate surface area is 178 Å². The maximum atomic E-state index is 12.6. The van der Waals surface area contributed by atoms with E-state index >= 15 is 0 Å². The van der Waals surface area contributed by atoms with E-state index in [4.69, 9.17) is 21.7 Å². The number of carbonyl (C=O) groups excluding carboxylic acids is 1. The molecule has 0 spiro atoms. The summed E-state index contributed by atoms with van der Waals surface area (Å²) in [7, 11) is 3.39. The van der Waals surface area contributed by atoms with Gasteiger partial charge in [-0.15, -0.1) is 0 Å². The summed E-state index contributed by atoms with van der Waals surface area (Å²) in [4.78, 5) is 15.9. The first-order valence-corrected chi connectivity index (χ1v) is 10.0. The minimum Gasteiger partial charge on any atom is -0.493 e. The Morgan fingerprint density at radius 3 is 2.50 bits per heavy atom. The predicted molar refractivity (Wildman–Crippen MR) is 117 cm³/mol. The third-order valence-corrected chi connectivity index (χ3v) is 5.65. The standard InChI is InChI=1S/C21H21BrN2O3S/c1-4-24-20(25)17(23(2)21(24)28)10-15-11-18(26-3)19(12-16(15)22)27-13-14-8-6-5-7-9-14/h5-12H,4,13H2,1-3H3/b17-10-. The smallest absolute Gasteiger partial charge is 0.276 e. The highest BCUT2D eigenvalue weighted by molar-refractivity contribution is 9.10. The Hall–Kier alpha value is -2.38. The molecule has 0 saturated carbocycles. The number of thiocarbonyl (C=S) groups is 1. The molecule has 1 heterocycles. The average Bonchev–Trinajstić information content (AvgIpc) is 2.91. The summed E-state index contributed by atoms with van der Waals surface area (Å²) in [5, 5.41) is 0.504. The molecule has 2 aromatic rings. The van der Waals surface area contributed by atoms with Crippen LogP contribution in [0.25, 0.3) is 6.08 Å². The third kappa shape index (κ3) is 4.05. The van der Waals surface area contributed by atoms with Gasteiger partial charge in [0.2, 0.25) is 0 Å². The molecule has 0 N–H and O–H groups in total. The van der Waals surface area contributed by atoms with Crippen molar-refractivity contribution in [3.63, 3.8) is 0 Å². The van der Waals surface area contributed by atoms with Crippen LogP contribution in [0, 0.1) is 0 Å². The van der Waals surface area contributed by atoms with Crippen molar-refractivity contribution in [2.75, 3.05) is 20.7 Å². The number of hydrogen-bond donors (Lipinski definition) is 0. The number of likely N-dealkylation sites (N-methyl/N-ethyl adjacent to an activating group) is 2. The molecule has 5 nitrogen and oxygen atoms in total. The molecule has 28 heavy (non-hydrogen) atoms. The fraction of sp³-hybridized carbons (Fsp3) is 0.238. The first kappa shape index (κ1) is 20.4. The van der Waals surface area contributed by atoms with Crippen molar-refractivity contribution >= 4 is 45.2 Å². The first-order chi connectivity index (χ1) is 13.5. The molecule has 1 aliphatic rings. The molecule has 0 radical (unpaired) electrons. The molecule has 3 rings (SSSR count). The molecular formula is C21H21BrN2O3S. The number of benzene rings is 2. The van der Waals surface area contributed by atoms with Crippen molar-refractivity contribution < 1.29 is 14.3 Å². The Kier molecular flexibility index (Phi) is 6.36. The molecule has 1 aliphatic heterocycles. The van der Waals surface area contributed by atoms with Gasteiger partial charge in [0.25, 0.3) is 5.91 Å². The van der Waals surface area contributed by atoms with Crippen LogP contribution in [0.2, 0.25) is 0 Å². The van der Waals surface area contributed by atoms with Gasteiger partial charge in [0.1, 0.15) is 12.3 Å². The zero-order valence-corrected chi connectivity index (χ0v) is 18.3. The Morgan fingerprint density at radius 2 is 1.89 bits per heavy atom. The highest BCUT2D eigenvalue weighted by Gasteiger charge is 2.34. The summed E-state index contributed by atoms with van der Waals surface area (Å²) in [6, 6.07) is 13.6. The zero-order valence-electron chi connectivity index (χ0n) is 15.9. The highest BCUT2D eigenvalue weighted by Crippen LogP contribution is 2.36. The Balaban J connectivity index is 1.89. The molecule has 0 bridgehead atoms. The van der Waals surface area contributed by atoms with Gasteiger partial charge in [-0.05, 0) is 48.5 Å². The molecule has 0 aliphatic carbocycles. The Bertz CT molecular complexity index is 931. The molecule has 146 valence electrons. The van der Waals surface area contributed by atoms with Crippen molar-refractivity contribution in [2.24, 2.45) is 0 Å². The summed E-state index contributed by atoms with van der Waals surface area (Å²) in [5.41, 5.74) is 2.39. The van der Waals surface area contributed by atoms with Crippen LogP contribution in [0.3, 0.4) is 0 Å². The van der Waals surface area contributed by atoms with Crippen LogP contribution in [-0.2, 0) is 11.4 Å². The molecule has 1 amide bonds. The first-order valence-electron chi connectivity index (χ1n) is 8.81. The van der Waals surface area contributed by atoms with Crippen molar-refractivity contribution in [3.8, 4) is 11.5 Å². The fourth-order valence-electron chi connectivity index (χ4n) is 2.91. The van der Waals surface area contributed by atoms with Crippen LogP contribution >= 0.6 is 28.1 Å². The lowest BCUT2D eigenvalue weighted by Crippen LogP contribution is -2.30. The molecule has 0 aromatic heterocycles. The van der Waals surface area contributed by atoms with E-state index in [1.165, 1.54) is 0 Å². The maximum Gasteiger partial charge on any atom is 0.276 e. The molecule has 2 aromatic carbocycles. The van der Waals surface area contributed by atoms with E-state index in [0.29, 0.717) is 35.5 Å². The van der Waals surface area contributed by atoms with Crippen molar-refractivity contribution in [1.82, 2.24) is 9.80 Å². The molecule has 7 heteroatoms. The fourth-order valence-corrected chi connectivity index (χ4v) is 3.65. The Morgan fingerprint density at radius 1 is 1.18 bits per heavy atom. The minimum absolute atomic E-state index is 0.106. The summed E-state index contributed by atoms with van der Waals surface area (Å²) in [6.45, 7) is 2.87. The minimum atomic E-state index is -0.106. The highest BCUT2D eigenvalue weighted by atomic mass is 79.9. The van der Waals surface area contributed by atoms with E-state index in [9.17, 15) is 4.79 Å². The molecule has 0 atom stereocenters. The van der Waals surface area contributed by atoms with Gasteiger partial charge in [0.05, 0.1) is 7.11 Å². The predicted octanol–water partition coefficient (Wildman–Crippen LogP) is 4.46. The normalized spacial score (nSPS) is 15.5. The van der Waals surface area contributed by atoms with Crippen LogP contribution in [0.4, 0.5) is 0 Å². The summed E-state index contributed by atoms with van der Waals surface area (Å²) < 4.78 is 12.2. The number of nitrogens with zero attached hydrogens (tertiary/aromatic N) is 2. The van der Waals surface area contributed by atoms with E-state index in [-0.39, 0.29) is 5.91 Å². The second-order valence-electron chi connectivity index (χ2n) is 6.22. The van der Waals surface area contributed by atoms with Gasteiger partial charge in [0, 0.05) is 18.1 Å². The lowest BCUT2D eigenvalue weighted by Gasteiger charge is -2.14. The molecule has 0 unspecified atom stereocenters. The maximum absolute atomic E-state index is 12.6. The zero-order chi connectivity index (χ0) is 20.3. The number of ether oxygens (including phenoxy) is 2. The van der Waals surface area contributed by atoms with E-state index in [0.717, 1.165) is 15.6 Å². The summed E-state index contributed by atoms with van der Waals surface area (Å²) >= 11 is 8.92. The van der Waals surface area contributed by atoms with Crippen molar-refractivity contribution in [2.45, 2.75) is 13.5 Å². The topological polar surface area (TPSA) is 42.0 Å². The molecule has 1 saturated heterocycles. The third-order valence-electron chi connectivity index (χ3n) is 4.47. The van der Waals surface area contributed by atoms with Crippen molar-refractivity contribution in [3.05, 3.63) is 63.8 Å². The number of halogens is 1. The average molecular weight is 461 g/mol. The lowest BCUT2D eigenvalue weighted by molar-refractivity contribution is -0.122. The van der Waals surface area contributed by atoms with Gasteiger partial charge in [-0.1, -0.05) is 46.3 Å². The van der Waals surface area contributed by atoms with Gasteiger partial charge in [-0.3, -0.25) is 9.69 Å². The largest absolute Gasteiger partial charge is 0.493 e. The van der Waals surface area contributed by atoms with Gasteiger partial charge in [-0.2, -0.15) is 0 Å². The van der Waals surface area contributed by atoms with Gasteiger partial charge >= 0.3 is 0 Å². The van der Waals surface area contributed by atoms with Gasteiger partial charge in [0.15, 0.2) is 16.6 Å². The van der Waals surface area contributed by atoms with Crippen molar-refractivity contribution in [1.29, 1.82) is 0 Å². The van der Waals surface area contributed by atoms with E-state index in [2.05, 4.69) is 15.9 Å². The van der Waals surface area contributed by atoms with E-state index in [1.807, 2.05) is 49.4 Å². The summed E-state index contributed by atoms with van der Waals surface area (Å²) in [5.74, 6) is 1.11. The molecule has 1 fully saturated rings. The van der Waals surface area contributed by atoms with Crippen LogP contribution in [0.1, 0.15) is 18.1 Å². The van der Waals surface area contributed by atoms with E-state index < -0.39 is 0 Å². The number of amides is 1. The van der Waals surface area contributed by atoms with Gasteiger partial charge < -0.3 is 14.4 Å². The quantitative estimate of drug-likeness (QED) is 0.470. The SMILES string of the molecule is CCN1C(=O)/C(=C/c2cc(OC)c(OCc3ccccc3)cc2Br)N(C)C1=S. The van der Waals surface area contributed by atoms with Crippen LogP contribution in [0.15, 0.2) is 52.6 Å². The van der Waals surface area contributed by atoms with Crippen LogP contribution < -0.4 is 9.47 Å². The number of hydrogen-bond acceptors (Lipinski definition) is 4. The van der Waals surface area contributed by atoms with Crippen LogP contribution in [0.5, 0.6) is 11.5 Å². The van der Waals surface area contributed by atoms with Gasteiger partial charge in [-0.25, -0.2) is 0 Å².